The van der Waals surface area contributed by atoms with Crippen LogP contribution in [0.5, 0.6) is 0 Å². The van der Waals surface area contributed by atoms with Crippen LogP contribution < -0.4 is 0 Å². The summed E-state index contributed by atoms with van der Waals surface area (Å²) in [6, 6.07) is 0. The molecular formula is C13H22. The molecule has 0 heteroatoms. The monoisotopic (exact) mass is 178 g/mol. The first kappa shape index (κ1) is 10.6. The smallest absolute Gasteiger partial charge is 0.0233 e. The summed E-state index contributed by atoms with van der Waals surface area (Å²) in [5, 5.41) is 0. The molecule has 0 saturated heterocycles. The van der Waals surface area contributed by atoms with E-state index < -0.39 is 0 Å². The molecule has 13 heavy (non-hydrogen) atoms. The second kappa shape index (κ2) is 6.01. The topological polar surface area (TPSA) is 0 Å². The summed E-state index contributed by atoms with van der Waals surface area (Å²) < 4.78 is 0. The first-order chi connectivity index (χ1) is 6.36. The lowest BCUT2D eigenvalue weighted by molar-refractivity contribution is 0.356. The van der Waals surface area contributed by atoms with E-state index in [1.807, 2.05) is 0 Å². The van der Waals surface area contributed by atoms with Crippen molar-refractivity contribution in [2.45, 2.75) is 46.0 Å². The molecule has 1 aliphatic rings. The minimum atomic E-state index is 0.872. The Hall–Kier alpha value is -0.520. The zero-order chi connectivity index (χ0) is 9.52. The average molecular weight is 178 g/mol. The van der Waals surface area contributed by atoms with Gasteiger partial charge in [0.15, 0.2) is 0 Å². The van der Waals surface area contributed by atoms with Crippen molar-refractivity contribution >= 4 is 0 Å². The van der Waals surface area contributed by atoms with Crippen molar-refractivity contribution in [1.29, 1.82) is 0 Å². The fourth-order valence-electron chi connectivity index (χ4n) is 2.13. The molecule has 0 aromatic heterocycles. The molecule has 1 aliphatic carbocycles. The van der Waals surface area contributed by atoms with Crippen LogP contribution in [0.15, 0.2) is 24.3 Å². The Morgan fingerprint density at radius 2 is 1.54 bits per heavy atom. The van der Waals surface area contributed by atoms with Gasteiger partial charge in [-0.1, -0.05) is 31.2 Å². The average Bonchev–Trinajstić information content (AvgIpc) is 2.17. The fraction of sp³-hybridized carbons (Fsp3) is 0.692. The Morgan fingerprint density at radius 3 is 2.00 bits per heavy atom. The lowest BCUT2D eigenvalue weighted by Gasteiger charge is -2.24. The molecule has 74 valence electrons. The van der Waals surface area contributed by atoms with Crippen LogP contribution in [0.1, 0.15) is 46.0 Å². The Kier molecular flexibility index (Phi) is 4.88. The van der Waals surface area contributed by atoms with Crippen molar-refractivity contribution in [3.05, 3.63) is 24.3 Å². The molecule has 0 aromatic carbocycles. The van der Waals surface area contributed by atoms with Gasteiger partial charge in [-0.25, -0.2) is 0 Å². The Balaban J connectivity index is 2.26. The van der Waals surface area contributed by atoms with Gasteiger partial charge in [0.05, 0.1) is 0 Å². The molecule has 0 bridgehead atoms. The van der Waals surface area contributed by atoms with Crippen LogP contribution in [-0.4, -0.2) is 0 Å². The zero-order valence-corrected chi connectivity index (χ0v) is 9.00. The van der Waals surface area contributed by atoms with E-state index >= 15 is 0 Å². The standard InChI is InChI=1S/C13H22/c1-3-5-7-13-10-8-12(6-4-2)9-11-13/h4-7,12-13H,3,8-11H2,1-2H3. The molecule has 0 nitrogen and oxygen atoms in total. The first-order valence-electron chi connectivity index (χ1n) is 5.66. The molecule has 1 rings (SSSR count). The zero-order valence-electron chi connectivity index (χ0n) is 9.00. The van der Waals surface area contributed by atoms with E-state index in [1.54, 1.807) is 0 Å². The van der Waals surface area contributed by atoms with Gasteiger partial charge in [0.2, 0.25) is 0 Å². The summed E-state index contributed by atoms with van der Waals surface area (Å²) in [4.78, 5) is 0. The Morgan fingerprint density at radius 1 is 1.00 bits per heavy atom. The summed E-state index contributed by atoms with van der Waals surface area (Å²) in [6.45, 7) is 4.34. The van der Waals surface area contributed by atoms with Crippen LogP contribution in [0.4, 0.5) is 0 Å². The van der Waals surface area contributed by atoms with Crippen molar-refractivity contribution in [3.63, 3.8) is 0 Å². The van der Waals surface area contributed by atoms with E-state index in [2.05, 4.69) is 38.2 Å². The van der Waals surface area contributed by atoms with E-state index in [0.717, 1.165) is 11.8 Å². The molecular weight excluding hydrogens is 156 g/mol. The van der Waals surface area contributed by atoms with Crippen LogP contribution >= 0.6 is 0 Å². The van der Waals surface area contributed by atoms with Gasteiger partial charge >= 0.3 is 0 Å². The van der Waals surface area contributed by atoms with E-state index in [4.69, 9.17) is 0 Å². The summed E-state index contributed by atoms with van der Waals surface area (Å²) in [5.74, 6) is 1.75. The molecule has 0 aromatic rings. The third-order valence-electron chi connectivity index (χ3n) is 2.93. The number of allylic oxidation sites excluding steroid dienone is 4. The Labute approximate surface area is 82.7 Å². The first-order valence-corrected chi connectivity index (χ1v) is 5.66. The van der Waals surface area contributed by atoms with E-state index in [0.29, 0.717) is 0 Å². The highest BCUT2D eigenvalue weighted by atomic mass is 14.2. The molecule has 0 aliphatic heterocycles. The SMILES string of the molecule is CC=CC1CCC(C=CCC)CC1. The van der Waals surface area contributed by atoms with Crippen LogP contribution in [0.3, 0.4) is 0 Å². The third-order valence-corrected chi connectivity index (χ3v) is 2.93. The van der Waals surface area contributed by atoms with Crippen molar-refractivity contribution in [2.24, 2.45) is 11.8 Å². The van der Waals surface area contributed by atoms with Gasteiger partial charge in [-0.15, -0.1) is 0 Å². The van der Waals surface area contributed by atoms with Gasteiger partial charge in [0.1, 0.15) is 0 Å². The summed E-state index contributed by atoms with van der Waals surface area (Å²) >= 11 is 0. The van der Waals surface area contributed by atoms with E-state index in [9.17, 15) is 0 Å². The van der Waals surface area contributed by atoms with Gasteiger partial charge in [0.25, 0.3) is 0 Å². The van der Waals surface area contributed by atoms with Crippen LogP contribution in [0, 0.1) is 11.8 Å². The Bertz CT molecular complexity index is 168. The minimum Gasteiger partial charge on any atom is -0.0914 e. The molecule has 0 N–H and O–H groups in total. The summed E-state index contributed by atoms with van der Waals surface area (Å²) in [6.07, 6.45) is 16.1. The van der Waals surface area contributed by atoms with Gasteiger partial charge in [-0.05, 0) is 50.9 Å². The minimum absolute atomic E-state index is 0.872. The number of hydrogen-bond donors (Lipinski definition) is 0. The normalized spacial score (nSPS) is 30.3. The highest BCUT2D eigenvalue weighted by Gasteiger charge is 2.16. The maximum atomic E-state index is 2.42. The molecule has 0 spiro atoms. The predicted octanol–water partition coefficient (Wildman–Crippen LogP) is 4.34. The number of rotatable bonds is 3. The largest absolute Gasteiger partial charge is 0.0914 e. The number of hydrogen-bond acceptors (Lipinski definition) is 0. The molecule has 0 unspecified atom stereocenters. The molecule has 0 atom stereocenters. The van der Waals surface area contributed by atoms with Crippen molar-refractivity contribution < 1.29 is 0 Å². The van der Waals surface area contributed by atoms with Gasteiger partial charge in [-0.3, -0.25) is 0 Å². The molecule has 0 heterocycles. The third kappa shape index (κ3) is 3.80. The molecule has 0 radical (unpaired) electrons. The fourth-order valence-corrected chi connectivity index (χ4v) is 2.13. The maximum Gasteiger partial charge on any atom is -0.0233 e. The maximum absolute atomic E-state index is 2.42. The van der Waals surface area contributed by atoms with Gasteiger partial charge in [0, 0.05) is 0 Å². The van der Waals surface area contributed by atoms with Crippen molar-refractivity contribution in [3.8, 4) is 0 Å². The highest BCUT2D eigenvalue weighted by molar-refractivity contribution is 4.94. The highest BCUT2D eigenvalue weighted by Crippen LogP contribution is 2.30. The second-order valence-corrected chi connectivity index (χ2v) is 4.04. The lowest BCUT2D eigenvalue weighted by atomic mass is 9.82. The summed E-state index contributed by atoms with van der Waals surface area (Å²) in [5.41, 5.74) is 0. The van der Waals surface area contributed by atoms with Crippen LogP contribution in [0.2, 0.25) is 0 Å². The van der Waals surface area contributed by atoms with Gasteiger partial charge in [-0.2, -0.15) is 0 Å². The molecule has 1 saturated carbocycles. The molecule has 0 amide bonds. The predicted molar refractivity (Wildman–Crippen MR) is 59.7 cm³/mol. The van der Waals surface area contributed by atoms with Crippen LogP contribution in [0.25, 0.3) is 0 Å². The second-order valence-electron chi connectivity index (χ2n) is 4.04. The van der Waals surface area contributed by atoms with Crippen molar-refractivity contribution in [2.75, 3.05) is 0 Å². The van der Waals surface area contributed by atoms with Crippen LogP contribution in [-0.2, 0) is 0 Å². The molecule has 1 fully saturated rings. The van der Waals surface area contributed by atoms with E-state index in [-0.39, 0.29) is 0 Å². The quantitative estimate of drug-likeness (QED) is 0.564. The lowest BCUT2D eigenvalue weighted by Crippen LogP contribution is -2.10. The van der Waals surface area contributed by atoms with Crippen molar-refractivity contribution in [1.82, 2.24) is 0 Å². The summed E-state index contributed by atoms with van der Waals surface area (Å²) in [7, 11) is 0. The van der Waals surface area contributed by atoms with Gasteiger partial charge < -0.3 is 0 Å². The van der Waals surface area contributed by atoms with E-state index in [1.165, 1.54) is 32.1 Å².